The molecule has 0 atom stereocenters. The van der Waals surface area contributed by atoms with Crippen molar-refractivity contribution in [1.82, 2.24) is 14.8 Å². The number of aldehydes is 1. The van der Waals surface area contributed by atoms with Crippen molar-refractivity contribution in [3.63, 3.8) is 0 Å². The number of aromatic nitrogens is 3. The standard InChI is InChI=1S/C13H14N4O3/c1-3-12-14-13(4-2)16(15-12)10-6-5-9(8-18)7-11(10)17(19)20/h5-8H,3-4H2,1-2H3. The van der Waals surface area contributed by atoms with Crippen LogP contribution in [0, 0.1) is 10.1 Å². The van der Waals surface area contributed by atoms with Crippen LogP contribution in [0.15, 0.2) is 18.2 Å². The van der Waals surface area contributed by atoms with Crippen LogP contribution in [0.5, 0.6) is 0 Å². The number of hydrogen-bond donors (Lipinski definition) is 0. The Morgan fingerprint density at radius 3 is 2.65 bits per heavy atom. The van der Waals surface area contributed by atoms with Crippen LogP contribution in [0.25, 0.3) is 5.69 Å². The van der Waals surface area contributed by atoms with Crippen molar-refractivity contribution < 1.29 is 9.72 Å². The van der Waals surface area contributed by atoms with E-state index in [9.17, 15) is 14.9 Å². The number of nitro benzene ring substituents is 1. The monoisotopic (exact) mass is 274 g/mol. The minimum atomic E-state index is -0.519. The zero-order valence-electron chi connectivity index (χ0n) is 11.2. The maximum Gasteiger partial charge on any atom is 0.295 e. The van der Waals surface area contributed by atoms with Crippen molar-refractivity contribution in [3.05, 3.63) is 45.5 Å². The molecule has 0 aliphatic heterocycles. The highest BCUT2D eigenvalue weighted by molar-refractivity contribution is 5.77. The summed E-state index contributed by atoms with van der Waals surface area (Å²) in [4.78, 5) is 25.7. The second kappa shape index (κ2) is 5.60. The Bertz CT molecular complexity index is 664. The van der Waals surface area contributed by atoms with Gasteiger partial charge < -0.3 is 0 Å². The van der Waals surface area contributed by atoms with Crippen LogP contribution in [0.3, 0.4) is 0 Å². The van der Waals surface area contributed by atoms with Gasteiger partial charge in [-0.25, -0.2) is 9.67 Å². The van der Waals surface area contributed by atoms with Gasteiger partial charge >= 0.3 is 0 Å². The molecule has 7 nitrogen and oxygen atoms in total. The first-order valence-corrected chi connectivity index (χ1v) is 6.29. The summed E-state index contributed by atoms with van der Waals surface area (Å²) in [6, 6.07) is 4.30. The van der Waals surface area contributed by atoms with Crippen molar-refractivity contribution in [3.8, 4) is 5.69 Å². The lowest BCUT2D eigenvalue weighted by Crippen LogP contribution is -2.06. The summed E-state index contributed by atoms with van der Waals surface area (Å²) < 4.78 is 1.48. The number of nitrogens with zero attached hydrogens (tertiary/aromatic N) is 4. The van der Waals surface area contributed by atoms with Crippen LogP contribution < -0.4 is 0 Å². The molecule has 0 spiro atoms. The van der Waals surface area contributed by atoms with Gasteiger partial charge in [0.2, 0.25) is 0 Å². The van der Waals surface area contributed by atoms with E-state index in [4.69, 9.17) is 0 Å². The van der Waals surface area contributed by atoms with Gasteiger partial charge in [0.15, 0.2) is 5.82 Å². The quantitative estimate of drug-likeness (QED) is 0.473. The molecule has 7 heteroatoms. The molecule has 0 saturated heterocycles. The molecule has 0 saturated carbocycles. The van der Waals surface area contributed by atoms with Gasteiger partial charge in [0, 0.05) is 24.5 Å². The minimum absolute atomic E-state index is 0.156. The van der Waals surface area contributed by atoms with Crippen molar-refractivity contribution in [2.45, 2.75) is 26.7 Å². The molecule has 0 fully saturated rings. The first-order chi connectivity index (χ1) is 9.60. The maximum atomic E-state index is 11.2. The van der Waals surface area contributed by atoms with Crippen LogP contribution in [0.2, 0.25) is 0 Å². The van der Waals surface area contributed by atoms with Crippen LogP contribution >= 0.6 is 0 Å². The molecule has 1 aromatic heterocycles. The second-order valence-electron chi connectivity index (χ2n) is 4.19. The average molecular weight is 274 g/mol. The summed E-state index contributed by atoms with van der Waals surface area (Å²) in [7, 11) is 0. The summed E-state index contributed by atoms with van der Waals surface area (Å²) in [6.45, 7) is 3.83. The van der Waals surface area contributed by atoms with E-state index in [1.54, 1.807) is 0 Å². The number of rotatable bonds is 5. The molecule has 0 amide bonds. The van der Waals surface area contributed by atoms with E-state index < -0.39 is 4.92 Å². The third-order valence-electron chi connectivity index (χ3n) is 2.91. The molecule has 0 radical (unpaired) electrons. The number of nitro groups is 1. The van der Waals surface area contributed by atoms with Gasteiger partial charge in [-0.05, 0) is 12.1 Å². The van der Waals surface area contributed by atoms with Crippen molar-refractivity contribution in [2.24, 2.45) is 0 Å². The van der Waals surface area contributed by atoms with Gasteiger partial charge in [-0.15, -0.1) is 0 Å². The van der Waals surface area contributed by atoms with Crippen molar-refractivity contribution >= 4 is 12.0 Å². The highest BCUT2D eigenvalue weighted by Crippen LogP contribution is 2.24. The van der Waals surface area contributed by atoms with Crippen LogP contribution in [-0.2, 0) is 12.8 Å². The third kappa shape index (κ3) is 2.42. The lowest BCUT2D eigenvalue weighted by atomic mass is 10.2. The third-order valence-corrected chi connectivity index (χ3v) is 2.91. The van der Waals surface area contributed by atoms with E-state index in [0.29, 0.717) is 36.5 Å². The zero-order chi connectivity index (χ0) is 14.7. The Morgan fingerprint density at radius 2 is 2.10 bits per heavy atom. The summed E-state index contributed by atoms with van der Waals surface area (Å²) in [5.74, 6) is 1.29. The number of aryl methyl sites for hydroxylation is 2. The molecular formula is C13H14N4O3. The van der Waals surface area contributed by atoms with Gasteiger partial charge in [-0.3, -0.25) is 14.9 Å². The van der Waals surface area contributed by atoms with Gasteiger partial charge in [0.1, 0.15) is 17.8 Å². The van der Waals surface area contributed by atoms with Crippen molar-refractivity contribution in [2.75, 3.05) is 0 Å². The average Bonchev–Trinajstić information content (AvgIpc) is 2.89. The molecule has 104 valence electrons. The highest BCUT2D eigenvalue weighted by atomic mass is 16.6. The maximum absolute atomic E-state index is 11.2. The normalized spacial score (nSPS) is 10.5. The predicted molar refractivity (Wildman–Crippen MR) is 72.2 cm³/mol. The Labute approximate surface area is 115 Å². The summed E-state index contributed by atoms with van der Waals surface area (Å²) >= 11 is 0. The van der Waals surface area contributed by atoms with Gasteiger partial charge in [0.05, 0.1) is 4.92 Å². The number of carbonyl (C=O) groups excluding carboxylic acids is 1. The molecule has 20 heavy (non-hydrogen) atoms. The topological polar surface area (TPSA) is 90.9 Å². The van der Waals surface area contributed by atoms with E-state index in [1.807, 2.05) is 13.8 Å². The minimum Gasteiger partial charge on any atom is -0.298 e. The first kappa shape index (κ1) is 13.9. The molecule has 0 N–H and O–H groups in total. The fraction of sp³-hybridized carbons (Fsp3) is 0.308. The Kier molecular flexibility index (Phi) is 3.88. The van der Waals surface area contributed by atoms with E-state index in [-0.39, 0.29) is 11.3 Å². The molecule has 0 bridgehead atoms. The van der Waals surface area contributed by atoms with Crippen LogP contribution in [0.4, 0.5) is 5.69 Å². The fourth-order valence-corrected chi connectivity index (χ4v) is 1.90. The lowest BCUT2D eigenvalue weighted by molar-refractivity contribution is -0.384. The van der Waals surface area contributed by atoms with E-state index in [1.165, 1.54) is 22.9 Å². The Balaban J connectivity index is 2.65. The largest absolute Gasteiger partial charge is 0.298 e. The SMILES string of the molecule is CCc1nc(CC)n(-c2ccc(C=O)cc2[N+](=O)[O-])n1. The molecule has 0 aliphatic carbocycles. The second-order valence-corrected chi connectivity index (χ2v) is 4.19. The smallest absolute Gasteiger partial charge is 0.295 e. The molecule has 2 aromatic rings. The Morgan fingerprint density at radius 1 is 1.35 bits per heavy atom. The molecule has 2 rings (SSSR count). The Hall–Kier alpha value is -2.57. The lowest BCUT2D eigenvalue weighted by Gasteiger charge is -2.05. The predicted octanol–water partition coefficient (Wildman–Crippen LogP) is 2.11. The first-order valence-electron chi connectivity index (χ1n) is 6.29. The number of benzene rings is 1. The van der Waals surface area contributed by atoms with E-state index >= 15 is 0 Å². The zero-order valence-corrected chi connectivity index (χ0v) is 11.2. The summed E-state index contributed by atoms with van der Waals surface area (Å²) in [5.41, 5.74) is 0.427. The van der Waals surface area contributed by atoms with Gasteiger partial charge in [-0.1, -0.05) is 13.8 Å². The number of carbonyl (C=O) groups is 1. The van der Waals surface area contributed by atoms with Crippen LogP contribution in [0.1, 0.15) is 35.9 Å². The van der Waals surface area contributed by atoms with Gasteiger partial charge in [0.25, 0.3) is 5.69 Å². The molecule has 1 heterocycles. The summed E-state index contributed by atoms with van der Waals surface area (Å²) in [6.07, 6.45) is 1.84. The fourth-order valence-electron chi connectivity index (χ4n) is 1.90. The molecular weight excluding hydrogens is 260 g/mol. The molecule has 0 unspecified atom stereocenters. The van der Waals surface area contributed by atoms with Crippen LogP contribution in [-0.4, -0.2) is 26.0 Å². The molecule has 0 aliphatic rings. The molecule has 1 aromatic carbocycles. The number of hydrogen-bond acceptors (Lipinski definition) is 5. The van der Waals surface area contributed by atoms with E-state index in [2.05, 4.69) is 10.1 Å². The van der Waals surface area contributed by atoms with Gasteiger partial charge in [-0.2, -0.15) is 5.10 Å². The highest BCUT2D eigenvalue weighted by Gasteiger charge is 2.20. The summed E-state index contributed by atoms with van der Waals surface area (Å²) in [5, 5.41) is 15.4. The van der Waals surface area contributed by atoms with E-state index in [0.717, 1.165) is 0 Å². The van der Waals surface area contributed by atoms with Crippen molar-refractivity contribution in [1.29, 1.82) is 0 Å².